The van der Waals surface area contributed by atoms with E-state index in [0.29, 0.717) is 21.4 Å². The van der Waals surface area contributed by atoms with E-state index in [1.807, 2.05) is 0 Å². The first-order valence-electron chi connectivity index (χ1n) is 9.38. The lowest BCUT2D eigenvalue weighted by Crippen LogP contribution is -2.43. The van der Waals surface area contributed by atoms with Gasteiger partial charge < -0.3 is 4.42 Å². The lowest BCUT2D eigenvalue weighted by molar-refractivity contribution is -0.122. The van der Waals surface area contributed by atoms with E-state index in [1.54, 1.807) is 24.3 Å². The zero-order valence-electron chi connectivity index (χ0n) is 16.6. The fraction of sp³-hybridized carbons (Fsp3) is 0.143. The Labute approximate surface area is 195 Å². The molecule has 2 N–H and O–H groups in total. The second-order valence-electron chi connectivity index (χ2n) is 6.63. The molecule has 2 aromatic carbocycles. The largest absolute Gasteiger partial charge is 0.468 e. The van der Waals surface area contributed by atoms with Crippen LogP contribution in [0, 0.1) is 0 Å². The molecule has 0 aliphatic rings. The van der Waals surface area contributed by atoms with Crippen molar-refractivity contribution in [3.63, 3.8) is 0 Å². The molecule has 0 aliphatic carbocycles. The Balaban J connectivity index is 1.64. The minimum absolute atomic E-state index is 0.0323. The number of amides is 2. The van der Waals surface area contributed by atoms with Crippen molar-refractivity contribution < 1.29 is 22.4 Å². The summed E-state index contributed by atoms with van der Waals surface area (Å²) in [6, 6.07) is 15.1. The van der Waals surface area contributed by atoms with Crippen LogP contribution < -0.4 is 10.9 Å². The third kappa shape index (κ3) is 6.33. The van der Waals surface area contributed by atoms with Gasteiger partial charge in [0.1, 0.15) is 5.76 Å². The van der Waals surface area contributed by atoms with E-state index in [0.717, 1.165) is 4.31 Å². The van der Waals surface area contributed by atoms with E-state index < -0.39 is 21.8 Å². The van der Waals surface area contributed by atoms with Crippen LogP contribution in [0.15, 0.2) is 76.2 Å². The highest BCUT2D eigenvalue weighted by Crippen LogP contribution is 2.21. The molecular weight excluding hydrogens is 477 g/mol. The summed E-state index contributed by atoms with van der Waals surface area (Å²) in [6.07, 6.45) is 1.23. The van der Waals surface area contributed by atoms with Crippen molar-refractivity contribution in [1.82, 2.24) is 15.2 Å². The third-order valence-corrected chi connectivity index (χ3v) is 6.74. The van der Waals surface area contributed by atoms with Crippen LogP contribution in [0.5, 0.6) is 0 Å². The first kappa shape index (κ1) is 23.8. The Morgan fingerprint density at radius 3 is 2.12 bits per heavy atom. The first-order chi connectivity index (χ1) is 15.3. The van der Waals surface area contributed by atoms with Crippen LogP contribution in [-0.4, -0.2) is 31.1 Å². The molecule has 1 aromatic heterocycles. The summed E-state index contributed by atoms with van der Waals surface area (Å²) in [4.78, 5) is 24.4. The predicted octanol–water partition coefficient (Wildman–Crippen LogP) is 3.63. The van der Waals surface area contributed by atoms with E-state index in [2.05, 4.69) is 10.9 Å². The summed E-state index contributed by atoms with van der Waals surface area (Å²) in [5, 5.41) is 0.876. The standard InChI is InChI=1S/C21H19Cl2N3O5S/c22-16-5-3-15(4-6-16)21(28)25-24-20(27)11-12-26(14-18-2-1-13-31-18)32(29,30)19-9-7-17(23)8-10-19/h1-10,13H,11-12,14H2,(H,24,27)(H,25,28). The molecule has 0 radical (unpaired) electrons. The Bertz CT molecular complexity index is 1170. The number of rotatable bonds is 8. The number of nitrogens with zero attached hydrogens (tertiary/aromatic N) is 1. The molecule has 11 heteroatoms. The summed E-state index contributed by atoms with van der Waals surface area (Å²) >= 11 is 11.6. The van der Waals surface area contributed by atoms with Crippen LogP contribution in [0.25, 0.3) is 0 Å². The van der Waals surface area contributed by atoms with Crippen molar-refractivity contribution in [3.05, 3.63) is 88.3 Å². The third-order valence-electron chi connectivity index (χ3n) is 4.37. The molecule has 3 rings (SSSR count). The Hall–Kier alpha value is -2.85. The maximum Gasteiger partial charge on any atom is 0.269 e. The van der Waals surface area contributed by atoms with Gasteiger partial charge in [0.05, 0.1) is 17.7 Å². The second kappa shape index (κ2) is 10.6. The average Bonchev–Trinajstić information content (AvgIpc) is 3.29. The molecule has 0 unspecified atom stereocenters. The van der Waals surface area contributed by atoms with Crippen molar-refractivity contribution in [2.24, 2.45) is 0 Å². The van der Waals surface area contributed by atoms with Gasteiger partial charge in [-0.15, -0.1) is 0 Å². The van der Waals surface area contributed by atoms with Crippen molar-refractivity contribution in [2.75, 3.05) is 6.54 Å². The second-order valence-corrected chi connectivity index (χ2v) is 9.44. The first-order valence-corrected chi connectivity index (χ1v) is 11.6. The maximum atomic E-state index is 13.1. The molecule has 168 valence electrons. The van der Waals surface area contributed by atoms with Gasteiger partial charge in [0.25, 0.3) is 5.91 Å². The maximum absolute atomic E-state index is 13.1. The number of carbonyl (C=O) groups is 2. The molecular formula is C21H19Cl2N3O5S. The molecule has 0 aliphatic heterocycles. The van der Waals surface area contributed by atoms with Crippen molar-refractivity contribution >= 4 is 45.0 Å². The zero-order chi connectivity index (χ0) is 23.1. The Morgan fingerprint density at radius 1 is 0.906 bits per heavy atom. The highest BCUT2D eigenvalue weighted by Gasteiger charge is 2.26. The summed E-state index contributed by atoms with van der Waals surface area (Å²) in [5.41, 5.74) is 4.86. The summed E-state index contributed by atoms with van der Waals surface area (Å²) in [6.45, 7) is -0.212. The topological polar surface area (TPSA) is 109 Å². The minimum Gasteiger partial charge on any atom is -0.468 e. The molecule has 0 bridgehead atoms. The van der Waals surface area contributed by atoms with Crippen LogP contribution >= 0.6 is 23.2 Å². The van der Waals surface area contributed by atoms with Gasteiger partial charge in [-0.1, -0.05) is 23.2 Å². The Morgan fingerprint density at radius 2 is 1.53 bits per heavy atom. The fourth-order valence-electron chi connectivity index (χ4n) is 2.70. The number of nitrogens with one attached hydrogen (secondary N) is 2. The van der Waals surface area contributed by atoms with Crippen molar-refractivity contribution in [2.45, 2.75) is 17.9 Å². The van der Waals surface area contributed by atoms with Gasteiger partial charge in [0.15, 0.2) is 0 Å². The molecule has 0 saturated heterocycles. The van der Waals surface area contributed by atoms with Gasteiger partial charge in [-0.2, -0.15) is 4.31 Å². The summed E-state index contributed by atoms with van der Waals surface area (Å²) < 4.78 is 32.6. The quantitative estimate of drug-likeness (QED) is 0.463. The fourth-order valence-corrected chi connectivity index (χ4v) is 4.36. The lowest BCUT2D eigenvalue weighted by atomic mass is 10.2. The molecule has 0 atom stereocenters. The highest BCUT2D eigenvalue weighted by atomic mass is 35.5. The molecule has 1 heterocycles. The highest BCUT2D eigenvalue weighted by molar-refractivity contribution is 7.89. The number of hydrogen-bond donors (Lipinski definition) is 2. The lowest BCUT2D eigenvalue weighted by Gasteiger charge is -2.21. The molecule has 32 heavy (non-hydrogen) atoms. The smallest absolute Gasteiger partial charge is 0.269 e. The van der Waals surface area contributed by atoms with Gasteiger partial charge in [-0.3, -0.25) is 20.4 Å². The molecule has 0 saturated carbocycles. The van der Waals surface area contributed by atoms with E-state index in [-0.39, 0.29) is 24.4 Å². The summed E-state index contributed by atoms with van der Waals surface area (Å²) in [5.74, 6) is -0.682. The number of furan rings is 1. The average molecular weight is 496 g/mol. The zero-order valence-corrected chi connectivity index (χ0v) is 19.0. The monoisotopic (exact) mass is 495 g/mol. The van der Waals surface area contributed by atoms with Gasteiger partial charge in [-0.25, -0.2) is 8.42 Å². The van der Waals surface area contributed by atoms with Crippen LogP contribution in [0.1, 0.15) is 22.5 Å². The van der Waals surface area contributed by atoms with Crippen molar-refractivity contribution in [1.29, 1.82) is 0 Å². The van der Waals surface area contributed by atoms with E-state index in [1.165, 1.54) is 42.7 Å². The molecule has 8 nitrogen and oxygen atoms in total. The van der Waals surface area contributed by atoms with Gasteiger partial charge in [0.2, 0.25) is 15.9 Å². The van der Waals surface area contributed by atoms with Crippen LogP contribution in [0.4, 0.5) is 0 Å². The van der Waals surface area contributed by atoms with E-state index in [9.17, 15) is 18.0 Å². The number of carbonyl (C=O) groups excluding carboxylic acids is 2. The molecule has 0 fully saturated rings. The Kier molecular flexibility index (Phi) is 7.92. The number of hydrazine groups is 1. The summed E-state index contributed by atoms with van der Waals surface area (Å²) in [7, 11) is -3.93. The SMILES string of the molecule is O=C(CCN(Cc1ccco1)S(=O)(=O)c1ccc(Cl)cc1)NNC(=O)c1ccc(Cl)cc1. The van der Waals surface area contributed by atoms with Crippen LogP contribution in [0.3, 0.4) is 0 Å². The van der Waals surface area contributed by atoms with Gasteiger partial charge >= 0.3 is 0 Å². The molecule has 2 amide bonds. The normalized spacial score (nSPS) is 11.3. The number of benzene rings is 2. The van der Waals surface area contributed by atoms with Gasteiger partial charge in [0, 0.05) is 28.6 Å². The van der Waals surface area contributed by atoms with Gasteiger partial charge in [-0.05, 0) is 60.7 Å². The molecule has 0 spiro atoms. The number of halogens is 2. The van der Waals surface area contributed by atoms with Crippen LogP contribution in [0.2, 0.25) is 10.0 Å². The van der Waals surface area contributed by atoms with Crippen molar-refractivity contribution in [3.8, 4) is 0 Å². The minimum atomic E-state index is -3.93. The van der Waals surface area contributed by atoms with Crippen LogP contribution in [-0.2, 0) is 21.4 Å². The number of sulfonamides is 1. The number of hydrogen-bond acceptors (Lipinski definition) is 5. The predicted molar refractivity (Wildman–Crippen MR) is 119 cm³/mol. The molecule has 3 aromatic rings. The van der Waals surface area contributed by atoms with E-state index in [4.69, 9.17) is 27.6 Å². The van der Waals surface area contributed by atoms with E-state index >= 15 is 0 Å².